The Morgan fingerprint density at radius 1 is 0.548 bits per heavy atom. The van der Waals surface area contributed by atoms with E-state index >= 15 is 0 Å². The molecule has 0 aliphatic carbocycles. The predicted molar refractivity (Wildman–Crippen MR) is 156 cm³/mol. The van der Waals surface area contributed by atoms with Gasteiger partial charge in [0, 0.05) is 24.7 Å². The van der Waals surface area contributed by atoms with Gasteiger partial charge in [-0.3, -0.25) is 0 Å². The summed E-state index contributed by atoms with van der Waals surface area (Å²) in [6.07, 6.45) is 10.9. The lowest BCUT2D eigenvalue weighted by atomic mass is 10.4. The highest BCUT2D eigenvalue weighted by molar-refractivity contribution is 9.09. The lowest BCUT2D eigenvalue weighted by molar-refractivity contribution is 0.128. The van der Waals surface area contributed by atoms with Crippen LogP contribution in [0.3, 0.4) is 0 Å². The average molecular weight is 527 g/mol. The van der Waals surface area contributed by atoms with Crippen molar-refractivity contribution in [3.63, 3.8) is 0 Å². The quantitative estimate of drug-likeness (QED) is 0.0710. The average Bonchev–Trinajstić information content (AvgIpc) is 2.78. The van der Waals surface area contributed by atoms with E-state index in [4.69, 9.17) is 9.47 Å². The van der Waals surface area contributed by atoms with Gasteiger partial charge in [0.05, 0.1) is 29.0 Å². The molecule has 0 aromatic rings. The number of ether oxygens (including phenoxy) is 2. The zero-order chi connectivity index (χ0) is 23.2. The van der Waals surface area contributed by atoms with E-state index in [-0.39, 0.29) is 0 Å². The molecule has 0 N–H and O–H groups in total. The van der Waals surface area contributed by atoms with Crippen molar-refractivity contribution >= 4 is 49.0 Å². The maximum atomic E-state index is 6.29. The Hall–Kier alpha value is 1.40. The standard InChI is InChI=1S/C24H54O2S3Si2/c1-7-13-17-30(18-14-8-2)23(25-11-5)21-27-29-28-22-24(26-12-6)31(19-15-9-3)20-16-10-4/h23-24,30-31H,7-22H2,1-6H3. The van der Waals surface area contributed by atoms with Crippen LogP contribution in [0.5, 0.6) is 0 Å². The van der Waals surface area contributed by atoms with Crippen LogP contribution in [-0.4, -0.2) is 53.8 Å². The fourth-order valence-corrected chi connectivity index (χ4v) is 18.1. The van der Waals surface area contributed by atoms with Crippen LogP contribution in [0.1, 0.15) is 92.9 Å². The van der Waals surface area contributed by atoms with E-state index in [1.807, 2.05) is 9.83 Å². The SMILES string of the molecule is CCCC[SiH](CCCC)C(CSSSCC(OCC)[SiH](CCCC)CCCC)OCC. The molecule has 0 amide bonds. The summed E-state index contributed by atoms with van der Waals surface area (Å²) in [4.78, 5) is 0. The second kappa shape index (κ2) is 24.5. The molecule has 0 aliphatic heterocycles. The van der Waals surface area contributed by atoms with E-state index in [1.165, 1.54) is 87.0 Å². The molecule has 0 rings (SSSR count). The summed E-state index contributed by atoms with van der Waals surface area (Å²) in [5, 5.41) is 0. The van der Waals surface area contributed by atoms with Gasteiger partial charge in [0.15, 0.2) is 0 Å². The fraction of sp³-hybridized carbons (Fsp3) is 1.00. The minimum Gasteiger partial charge on any atom is -0.381 e. The first kappa shape index (κ1) is 32.4. The molecule has 0 saturated heterocycles. The number of rotatable bonds is 24. The lowest BCUT2D eigenvalue weighted by Crippen LogP contribution is -2.35. The van der Waals surface area contributed by atoms with Crippen LogP contribution >= 0.6 is 31.4 Å². The van der Waals surface area contributed by atoms with E-state index in [9.17, 15) is 0 Å². The molecule has 0 spiro atoms. The maximum Gasteiger partial charge on any atom is 0.0728 e. The first-order valence-corrected chi connectivity index (χ1v) is 21.7. The van der Waals surface area contributed by atoms with Crippen LogP contribution < -0.4 is 0 Å². The van der Waals surface area contributed by atoms with Gasteiger partial charge >= 0.3 is 0 Å². The summed E-state index contributed by atoms with van der Waals surface area (Å²) in [7, 11) is 4.50. The van der Waals surface area contributed by atoms with Crippen molar-refractivity contribution in [3.8, 4) is 0 Å². The summed E-state index contributed by atoms with van der Waals surface area (Å²) in [5.41, 5.74) is 1.11. The number of hydrogen-bond acceptors (Lipinski definition) is 5. The number of unbranched alkanes of at least 4 members (excludes halogenated alkanes) is 4. The minimum absolute atomic E-state index is 0.556. The molecule has 0 saturated carbocycles. The highest BCUT2D eigenvalue weighted by Crippen LogP contribution is 2.37. The van der Waals surface area contributed by atoms with Gasteiger partial charge in [0.1, 0.15) is 0 Å². The maximum absolute atomic E-state index is 6.29. The molecule has 0 aromatic carbocycles. The lowest BCUT2D eigenvalue weighted by Gasteiger charge is -2.26. The number of hydrogen-bond donors (Lipinski definition) is 0. The Morgan fingerprint density at radius 2 is 0.871 bits per heavy atom. The van der Waals surface area contributed by atoms with Gasteiger partial charge < -0.3 is 9.47 Å². The van der Waals surface area contributed by atoms with Crippen molar-refractivity contribution in [3.05, 3.63) is 0 Å². The molecule has 0 radical (unpaired) electrons. The van der Waals surface area contributed by atoms with E-state index in [1.54, 1.807) is 0 Å². The molecule has 0 bridgehead atoms. The van der Waals surface area contributed by atoms with E-state index in [0.29, 0.717) is 11.5 Å². The van der Waals surface area contributed by atoms with Crippen LogP contribution in [-0.2, 0) is 9.47 Å². The normalized spacial score (nSPS) is 13.9. The van der Waals surface area contributed by atoms with Crippen molar-refractivity contribution in [2.24, 2.45) is 0 Å². The molecular formula is C24H54O2S3Si2. The third kappa shape index (κ3) is 17.5. The summed E-state index contributed by atoms with van der Waals surface area (Å²) < 4.78 is 12.6. The van der Waals surface area contributed by atoms with Gasteiger partial charge in [-0.1, -0.05) is 125 Å². The Balaban J connectivity index is 4.57. The van der Waals surface area contributed by atoms with Crippen molar-refractivity contribution in [1.82, 2.24) is 0 Å². The molecule has 31 heavy (non-hydrogen) atoms. The van der Waals surface area contributed by atoms with Crippen LogP contribution in [0, 0.1) is 0 Å². The molecule has 0 aromatic heterocycles. The third-order valence-corrected chi connectivity index (χ3v) is 18.6. The summed E-state index contributed by atoms with van der Waals surface area (Å²) >= 11 is 0. The van der Waals surface area contributed by atoms with Crippen molar-refractivity contribution < 1.29 is 9.47 Å². The molecular weight excluding hydrogens is 473 g/mol. The van der Waals surface area contributed by atoms with Gasteiger partial charge in [-0.05, 0) is 23.7 Å². The summed E-state index contributed by atoms with van der Waals surface area (Å²) in [6.45, 7) is 15.4. The van der Waals surface area contributed by atoms with Gasteiger partial charge in [-0.15, -0.1) is 0 Å². The van der Waals surface area contributed by atoms with E-state index in [0.717, 1.165) is 13.2 Å². The second-order valence-corrected chi connectivity index (χ2v) is 19.9. The fourth-order valence-electron chi connectivity index (χ4n) is 4.19. The molecule has 0 heterocycles. The monoisotopic (exact) mass is 526 g/mol. The highest BCUT2D eigenvalue weighted by Gasteiger charge is 2.25. The summed E-state index contributed by atoms with van der Waals surface area (Å²) in [5.74, 6) is 2.36. The molecule has 2 unspecified atom stereocenters. The zero-order valence-corrected chi connectivity index (χ0v) is 26.4. The van der Waals surface area contributed by atoms with Gasteiger partial charge in [0.25, 0.3) is 0 Å². The van der Waals surface area contributed by atoms with Crippen molar-refractivity contribution in [1.29, 1.82) is 0 Å². The minimum atomic E-state index is -0.810. The molecule has 188 valence electrons. The molecule has 0 fully saturated rings. The highest BCUT2D eigenvalue weighted by atomic mass is 33.5. The Morgan fingerprint density at radius 3 is 1.13 bits per heavy atom. The van der Waals surface area contributed by atoms with Crippen LogP contribution in [0.25, 0.3) is 0 Å². The smallest absolute Gasteiger partial charge is 0.0728 e. The third-order valence-electron chi connectivity index (χ3n) is 6.09. The molecule has 7 heteroatoms. The Bertz CT molecular complexity index is 320. The largest absolute Gasteiger partial charge is 0.381 e. The van der Waals surface area contributed by atoms with E-state index in [2.05, 4.69) is 63.1 Å². The first-order valence-electron chi connectivity index (χ1n) is 13.3. The van der Waals surface area contributed by atoms with E-state index < -0.39 is 17.6 Å². The van der Waals surface area contributed by atoms with Crippen molar-refractivity contribution in [2.75, 3.05) is 24.7 Å². The summed E-state index contributed by atoms with van der Waals surface area (Å²) in [6, 6.07) is 5.87. The van der Waals surface area contributed by atoms with Crippen molar-refractivity contribution in [2.45, 2.75) is 129 Å². The molecule has 2 nitrogen and oxygen atoms in total. The molecule has 0 aliphatic rings. The van der Waals surface area contributed by atoms with Gasteiger partial charge in [-0.25, -0.2) is 0 Å². The first-order chi connectivity index (χ1) is 15.2. The predicted octanol–water partition coefficient (Wildman–Crippen LogP) is 8.56. The van der Waals surface area contributed by atoms with Gasteiger partial charge in [-0.2, -0.15) is 0 Å². The zero-order valence-electron chi connectivity index (χ0n) is 21.7. The van der Waals surface area contributed by atoms with Crippen LogP contribution in [0.2, 0.25) is 24.2 Å². The van der Waals surface area contributed by atoms with Crippen LogP contribution in [0.15, 0.2) is 0 Å². The Kier molecular flexibility index (Phi) is 25.6. The van der Waals surface area contributed by atoms with Gasteiger partial charge in [0.2, 0.25) is 0 Å². The Labute approximate surface area is 210 Å². The topological polar surface area (TPSA) is 18.5 Å². The second-order valence-electron chi connectivity index (χ2n) is 8.71. The molecule has 2 atom stereocenters. The van der Waals surface area contributed by atoms with Crippen LogP contribution in [0.4, 0.5) is 0 Å².